The summed E-state index contributed by atoms with van der Waals surface area (Å²) in [5, 5.41) is 9.79. The number of carbonyl (C=O) groups excluding carboxylic acids is 1. The molecule has 4 rings (SSSR count). The molecular formula is C19H24ClN5O. The van der Waals surface area contributed by atoms with Gasteiger partial charge in [-0.1, -0.05) is 29.8 Å². The molecule has 0 spiro atoms. The van der Waals surface area contributed by atoms with Crippen LogP contribution in [0.4, 0.5) is 0 Å². The van der Waals surface area contributed by atoms with Crippen molar-refractivity contribution in [2.75, 3.05) is 19.6 Å². The van der Waals surface area contributed by atoms with E-state index in [1.54, 1.807) is 6.92 Å². The Kier molecular flexibility index (Phi) is 4.96. The zero-order valence-corrected chi connectivity index (χ0v) is 15.8. The first kappa shape index (κ1) is 17.5. The van der Waals surface area contributed by atoms with Crippen molar-refractivity contribution in [2.45, 2.75) is 45.3 Å². The molecule has 1 amide bonds. The Morgan fingerprint density at radius 3 is 2.85 bits per heavy atom. The standard InChI is InChI=1S/C19H24ClN5O/c1-14(26)23-10-8-18-21-22-19(25(18)12-11-23)17-7-4-9-24(17)13-15-5-2-3-6-16(15)20/h2-3,5-6,17H,4,7-13H2,1H3/t17-/m0/s1. The van der Waals surface area contributed by atoms with Crippen molar-refractivity contribution in [1.29, 1.82) is 0 Å². The summed E-state index contributed by atoms with van der Waals surface area (Å²) in [5.41, 5.74) is 1.15. The summed E-state index contributed by atoms with van der Waals surface area (Å²) < 4.78 is 2.23. The number of amides is 1. The second kappa shape index (κ2) is 7.37. The first-order valence-corrected chi connectivity index (χ1v) is 9.66. The molecule has 1 aromatic carbocycles. The summed E-state index contributed by atoms with van der Waals surface area (Å²) in [5.74, 6) is 2.16. The van der Waals surface area contributed by atoms with Crippen molar-refractivity contribution in [2.24, 2.45) is 0 Å². The Labute approximate surface area is 158 Å². The summed E-state index contributed by atoms with van der Waals surface area (Å²) in [7, 11) is 0. The van der Waals surface area contributed by atoms with E-state index in [1.807, 2.05) is 23.1 Å². The molecule has 1 fully saturated rings. The van der Waals surface area contributed by atoms with Crippen LogP contribution in [0.25, 0.3) is 0 Å². The van der Waals surface area contributed by atoms with E-state index in [4.69, 9.17) is 11.6 Å². The first-order chi connectivity index (χ1) is 12.6. The number of carbonyl (C=O) groups is 1. The van der Waals surface area contributed by atoms with Gasteiger partial charge in [0.15, 0.2) is 0 Å². The molecule has 2 aromatic rings. The number of aromatic nitrogens is 3. The van der Waals surface area contributed by atoms with Crippen LogP contribution in [0.15, 0.2) is 24.3 Å². The van der Waals surface area contributed by atoms with Crippen LogP contribution >= 0.6 is 11.6 Å². The minimum absolute atomic E-state index is 0.131. The van der Waals surface area contributed by atoms with Gasteiger partial charge in [-0.25, -0.2) is 0 Å². The Morgan fingerprint density at radius 2 is 2.04 bits per heavy atom. The maximum atomic E-state index is 11.7. The van der Waals surface area contributed by atoms with Gasteiger partial charge < -0.3 is 9.47 Å². The molecule has 0 unspecified atom stereocenters. The fourth-order valence-corrected chi connectivity index (χ4v) is 4.26. The Bertz CT molecular complexity index is 805. The van der Waals surface area contributed by atoms with Crippen molar-refractivity contribution >= 4 is 17.5 Å². The topological polar surface area (TPSA) is 54.3 Å². The van der Waals surface area contributed by atoms with E-state index >= 15 is 0 Å². The van der Waals surface area contributed by atoms with Crippen LogP contribution in [-0.2, 0) is 24.3 Å². The van der Waals surface area contributed by atoms with Crippen LogP contribution < -0.4 is 0 Å². The summed E-state index contributed by atoms with van der Waals surface area (Å²) in [6, 6.07) is 8.29. The predicted molar refractivity (Wildman–Crippen MR) is 99.8 cm³/mol. The molecule has 26 heavy (non-hydrogen) atoms. The van der Waals surface area contributed by atoms with Gasteiger partial charge in [0.25, 0.3) is 0 Å². The molecular weight excluding hydrogens is 350 g/mol. The number of nitrogens with zero attached hydrogens (tertiary/aromatic N) is 5. The largest absolute Gasteiger partial charge is 0.341 e. The molecule has 0 bridgehead atoms. The fourth-order valence-electron chi connectivity index (χ4n) is 4.06. The van der Waals surface area contributed by atoms with Gasteiger partial charge in [0.1, 0.15) is 11.6 Å². The average molecular weight is 374 g/mol. The minimum atomic E-state index is 0.131. The van der Waals surface area contributed by atoms with Crippen LogP contribution in [0.2, 0.25) is 5.02 Å². The zero-order valence-electron chi connectivity index (χ0n) is 15.1. The van der Waals surface area contributed by atoms with Gasteiger partial charge in [-0.05, 0) is 31.0 Å². The van der Waals surface area contributed by atoms with Crippen molar-refractivity contribution < 1.29 is 4.79 Å². The molecule has 2 aliphatic heterocycles. The second-order valence-electron chi connectivity index (χ2n) is 7.10. The maximum Gasteiger partial charge on any atom is 0.219 e. The van der Waals surface area contributed by atoms with E-state index in [-0.39, 0.29) is 11.9 Å². The van der Waals surface area contributed by atoms with Crippen molar-refractivity contribution in [1.82, 2.24) is 24.6 Å². The molecule has 0 saturated carbocycles. The molecule has 0 N–H and O–H groups in total. The van der Waals surface area contributed by atoms with E-state index in [0.29, 0.717) is 0 Å². The van der Waals surface area contributed by atoms with E-state index in [2.05, 4.69) is 25.7 Å². The maximum absolute atomic E-state index is 11.7. The second-order valence-corrected chi connectivity index (χ2v) is 7.51. The highest BCUT2D eigenvalue weighted by molar-refractivity contribution is 6.31. The Balaban J connectivity index is 1.55. The van der Waals surface area contributed by atoms with E-state index in [9.17, 15) is 4.79 Å². The molecule has 1 saturated heterocycles. The number of rotatable bonds is 3. The third kappa shape index (κ3) is 3.35. The Hall–Kier alpha value is -1.92. The third-order valence-corrected chi connectivity index (χ3v) is 5.86. The van der Waals surface area contributed by atoms with E-state index in [0.717, 1.165) is 74.2 Å². The highest BCUT2D eigenvalue weighted by Gasteiger charge is 2.32. The molecule has 0 aliphatic carbocycles. The van der Waals surface area contributed by atoms with Gasteiger partial charge in [-0.15, -0.1) is 10.2 Å². The van der Waals surface area contributed by atoms with Crippen molar-refractivity contribution in [3.05, 3.63) is 46.5 Å². The number of hydrogen-bond donors (Lipinski definition) is 0. The first-order valence-electron chi connectivity index (χ1n) is 9.28. The van der Waals surface area contributed by atoms with Gasteiger partial charge in [0.05, 0.1) is 6.04 Å². The summed E-state index contributed by atoms with van der Waals surface area (Å²) in [6.07, 6.45) is 3.00. The highest BCUT2D eigenvalue weighted by atomic mass is 35.5. The lowest BCUT2D eigenvalue weighted by Gasteiger charge is -2.25. The van der Waals surface area contributed by atoms with Crippen LogP contribution in [0.5, 0.6) is 0 Å². The quantitative estimate of drug-likeness (QED) is 0.830. The predicted octanol–water partition coefficient (Wildman–Crippen LogP) is 2.67. The molecule has 1 atom stereocenters. The highest BCUT2D eigenvalue weighted by Crippen LogP contribution is 2.34. The number of fused-ring (bicyclic) bond motifs is 1. The lowest BCUT2D eigenvalue weighted by atomic mass is 10.1. The zero-order chi connectivity index (χ0) is 18.1. The van der Waals surface area contributed by atoms with Crippen molar-refractivity contribution in [3.8, 4) is 0 Å². The molecule has 7 heteroatoms. The van der Waals surface area contributed by atoms with Gasteiger partial charge in [-0.2, -0.15) is 0 Å². The molecule has 0 radical (unpaired) electrons. The monoisotopic (exact) mass is 373 g/mol. The minimum Gasteiger partial charge on any atom is -0.341 e. The third-order valence-electron chi connectivity index (χ3n) is 5.49. The van der Waals surface area contributed by atoms with Crippen molar-refractivity contribution in [3.63, 3.8) is 0 Å². The summed E-state index contributed by atoms with van der Waals surface area (Å²) >= 11 is 6.36. The van der Waals surface area contributed by atoms with E-state index in [1.165, 1.54) is 0 Å². The van der Waals surface area contributed by atoms with Crippen LogP contribution in [0.1, 0.15) is 43.0 Å². The fraction of sp³-hybridized carbons (Fsp3) is 0.526. The lowest BCUT2D eigenvalue weighted by molar-refractivity contribution is -0.128. The normalized spacial score (nSPS) is 20.8. The molecule has 138 valence electrons. The van der Waals surface area contributed by atoms with Gasteiger partial charge in [0.2, 0.25) is 5.91 Å². The number of hydrogen-bond acceptors (Lipinski definition) is 4. The van der Waals surface area contributed by atoms with Gasteiger partial charge >= 0.3 is 0 Å². The van der Waals surface area contributed by atoms with E-state index < -0.39 is 0 Å². The summed E-state index contributed by atoms with van der Waals surface area (Å²) in [6.45, 7) is 5.72. The molecule has 1 aromatic heterocycles. The van der Waals surface area contributed by atoms with Gasteiger partial charge in [-0.3, -0.25) is 9.69 Å². The number of benzene rings is 1. The molecule has 6 nitrogen and oxygen atoms in total. The number of likely N-dealkylation sites (tertiary alicyclic amines) is 1. The van der Waals surface area contributed by atoms with Crippen LogP contribution in [0.3, 0.4) is 0 Å². The van der Waals surface area contributed by atoms with Crippen LogP contribution in [-0.4, -0.2) is 50.1 Å². The lowest BCUT2D eigenvalue weighted by Crippen LogP contribution is -2.32. The summed E-state index contributed by atoms with van der Waals surface area (Å²) in [4.78, 5) is 16.1. The Morgan fingerprint density at radius 1 is 1.19 bits per heavy atom. The van der Waals surface area contributed by atoms with Gasteiger partial charge in [0, 0.05) is 44.5 Å². The molecule has 2 aliphatic rings. The smallest absolute Gasteiger partial charge is 0.219 e. The number of halogens is 1. The SMILES string of the molecule is CC(=O)N1CCc2nnc([C@@H]3CCCN3Cc3ccccc3Cl)n2CC1. The molecule has 3 heterocycles. The average Bonchev–Trinajstić information content (AvgIpc) is 3.17. The van der Waals surface area contributed by atoms with Crippen LogP contribution in [0, 0.1) is 0 Å².